The second-order valence-corrected chi connectivity index (χ2v) is 6.46. The number of nitrogens with zero attached hydrogens (tertiary/aromatic N) is 1. The highest BCUT2D eigenvalue weighted by Crippen LogP contribution is 2.31. The van der Waals surface area contributed by atoms with Gasteiger partial charge in [-0.1, -0.05) is 23.7 Å². The molecule has 0 aliphatic carbocycles. The third-order valence-electron chi connectivity index (χ3n) is 4.09. The molecule has 0 fully saturated rings. The van der Waals surface area contributed by atoms with Gasteiger partial charge in [0.1, 0.15) is 5.75 Å². The molecule has 0 bridgehead atoms. The first-order chi connectivity index (χ1) is 12.5. The van der Waals surface area contributed by atoms with Gasteiger partial charge in [-0.15, -0.1) is 0 Å². The first kappa shape index (κ1) is 18.2. The van der Waals surface area contributed by atoms with Crippen LogP contribution in [0.5, 0.6) is 5.75 Å². The van der Waals surface area contributed by atoms with Crippen molar-refractivity contribution in [3.05, 3.63) is 59.2 Å². The highest BCUT2D eigenvalue weighted by molar-refractivity contribution is 6.31. The van der Waals surface area contributed by atoms with E-state index < -0.39 is 0 Å². The Morgan fingerprint density at radius 3 is 2.81 bits per heavy atom. The van der Waals surface area contributed by atoms with Gasteiger partial charge in [0.2, 0.25) is 5.91 Å². The normalized spacial score (nSPS) is 10.8. The van der Waals surface area contributed by atoms with Gasteiger partial charge in [-0.05, 0) is 41.5 Å². The minimum Gasteiger partial charge on any atom is -0.508 e. The zero-order valence-electron chi connectivity index (χ0n) is 14.4. The van der Waals surface area contributed by atoms with Crippen LogP contribution in [0.1, 0.15) is 12.5 Å². The molecule has 0 saturated heterocycles. The maximum atomic E-state index is 10.9. The molecule has 0 unspecified atom stereocenters. The summed E-state index contributed by atoms with van der Waals surface area (Å²) in [5, 5.41) is 17.7. The zero-order chi connectivity index (χ0) is 18.5. The molecule has 2 aromatic carbocycles. The average molecular weight is 370 g/mol. The Kier molecular flexibility index (Phi) is 5.71. The molecule has 1 amide bonds. The number of halogens is 1. The van der Waals surface area contributed by atoms with Gasteiger partial charge >= 0.3 is 0 Å². The molecule has 0 radical (unpaired) electrons. The summed E-state index contributed by atoms with van der Waals surface area (Å²) in [5.41, 5.74) is 3.66. The number of nitrogens with one attached hydrogen (secondary N) is 2. The van der Waals surface area contributed by atoms with E-state index in [0.717, 1.165) is 27.6 Å². The van der Waals surface area contributed by atoms with E-state index in [4.69, 9.17) is 11.6 Å². The van der Waals surface area contributed by atoms with E-state index in [1.54, 1.807) is 12.3 Å². The Morgan fingerprint density at radius 2 is 2.00 bits per heavy atom. The van der Waals surface area contributed by atoms with E-state index >= 15 is 0 Å². The molecule has 0 aliphatic rings. The van der Waals surface area contributed by atoms with E-state index in [-0.39, 0.29) is 11.7 Å². The summed E-state index contributed by atoms with van der Waals surface area (Å²) in [6, 6.07) is 13.1. The molecule has 1 heterocycles. The van der Waals surface area contributed by atoms with E-state index in [1.807, 2.05) is 36.4 Å². The fourth-order valence-corrected chi connectivity index (χ4v) is 2.98. The standard InChI is InChI=1S/C20H20ClN3O2/c1-13(25)23-9-8-22-12-15-10-14(2-5-20(15)26)17-6-7-24-19-11-16(21)3-4-18(17)19/h2-7,10-11,22,26H,8-9,12H2,1H3,(H,23,25). The summed E-state index contributed by atoms with van der Waals surface area (Å²) >= 11 is 6.06. The second kappa shape index (κ2) is 8.17. The van der Waals surface area contributed by atoms with Crippen molar-refractivity contribution < 1.29 is 9.90 Å². The largest absolute Gasteiger partial charge is 0.508 e. The number of rotatable bonds is 6. The summed E-state index contributed by atoms with van der Waals surface area (Å²) < 4.78 is 0. The number of hydrogen-bond donors (Lipinski definition) is 3. The third kappa shape index (κ3) is 4.31. The Balaban J connectivity index is 1.82. The molecule has 0 aliphatic heterocycles. The molecule has 5 nitrogen and oxygen atoms in total. The number of amides is 1. The van der Waals surface area contributed by atoms with Crippen LogP contribution in [0.2, 0.25) is 5.02 Å². The fraction of sp³-hybridized carbons (Fsp3) is 0.200. The number of benzene rings is 2. The van der Waals surface area contributed by atoms with Crippen molar-refractivity contribution in [1.82, 2.24) is 15.6 Å². The van der Waals surface area contributed by atoms with Crippen LogP contribution in [0.25, 0.3) is 22.0 Å². The summed E-state index contributed by atoms with van der Waals surface area (Å²) in [6.45, 7) is 3.17. The topological polar surface area (TPSA) is 74.2 Å². The van der Waals surface area contributed by atoms with Gasteiger partial charge in [0.15, 0.2) is 0 Å². The zero-order valence-corrected chi connectivity index (χ0v) is 15.2. The van der Waals surface area contributed by atoms with Crippen LogP contribution in [-0.4, -0.2) is 29.1 Å². The highest BCUT2D eigenvalue weighted by Gasteiger charge is 2.08. The predicted octanol–water partition coefficient (Wildman–Crippen LogP) is 3.49. The SMILES string of the molecule is CC(=O)NCCNCc1cc(-c2ccnc3cc(Cl)ccc23)ccc1O. The van der Waals surface area contributed by atoms with Crippen LogP contribution >= 0.6 is 11.6 Å². The number of aromatic hydroxyl groups is 1. The van der Waals surface area contributed by atoms with E-state index in [0.29, 0.717) is 24.7 Å². The lowest BCUT2D eigenvalue weighted by molar-refractivity contribution is -0.118. The van der Waals surface area contributed by atoms with Crippen LogP contribution in [-0.2, 0) is 11.3 Å². The van der Waals surface area contributed by atoms with Crippen LogP contribution in [0.3, 0.4) is 0 Å². The molecule has 0 saturated carbocycles. The van der Waals surface area contributed by atoms with Gasteiger partial charge in [0.25, 0.3) is 0 Å². The summed E-state index contributed by atoms with van der Waals surface area (Å²) in [7, 11) is 0. The van der Waals surface area contributed by atoms with E-state index in [1.165, 1.54) is 6.92 Å². The number of fused-ring (bicyclic) bond motifs is 1. The van der Waals surface area contributed by atoms with Crippen LogP contribution < -0.4 is 10.6 Å². The number of aromatic nitrogens is 1. The molecule has 6 heteroatoms. The smallest absolute Gasteiger partial charge is 0.216 e. The van der Waals surface area contributed by atoms with Gasteiger partial charge in [-0.3, -0.25) is 9.78 Å². The Morgan fingerprint density at radius 1 is 1.15 bits per heavy atom. The molecule has 3 aromatic rings. The van der Waals surface area contributed by atoms with Crippen molar-refractivity contribution in [3.8, 4) is 16.9 Å². The van der Waals surface area contributed by atoms with Crippen molar-refractivity contribution in [2.45, 2.75) is 13.5 Å². The van der Waals surface area contributed by atoms with Gasteiger partial charge < -0.3 is 15.7 Å². The Hall–Kier alpha value is -2.63. The number of carbonyl (C=O) groups is 1. The van der Waals surface area contributed by atoms with Crippen molar-refractivity contribution in [2.75, 3.05) is 13.1 Å². The maximum Gasteiger partial charge on any atom is 0.216 e. The fourth-order valence-electron chi connectivity index (χ4n) is 2.82. The molecule has 26 heavy (non-hydrogen) atoms. The Labute approximate surface area is 157 Å². The first-order valence-corrected chi connectivity index (χ1v) is 8.74. The van der Waals surface area contributed by atoms with Crippen LogP contribution in [0.15, 0.2) is 48.7 Å². The van der Waals surface area contributed by atoms with Gasteiger partial charge in [0.05, 0.1) is 5.52 Å². The minimum atomic E-state index is -0.0543. The number of hydrogen-bond acceptors (Lipinski definition) is 4. The molecule has 3 N–H and O–H groups in total. The quantitative estimate of drug-likeness (QED) is 0.581. The Bertz CT molecular complexity index is 943. The molecule has 134 valence electrons. The summed E-state index contributed by atoms with van der Waals surface area (Å²) in [4.78, 5) is 15.2. The lowest BCUT2D eigenvalue weighted by Gasteiger charge is -2.11. The molecule has 0 atom stereocenters. The molecular weight excluding hydrogens is 350 g/mol. The predicted molar refractivity (Wildman–Crippen MR) is 104 cm³/mol. The van der Waals surface area contributed by atoms with Crippen molar-refractivity contribution in [1.29, 1.82) is 0 Å². The average Bonchev–Trinajstić information content (AvgIpc) is 2.62. The van der Waals surface area contributed by atoms with Gasteiger partial charge in [-0.25, -0.2) is 0 Å². The number of phenols is 1. The molecule has 3 rings (SSSR count). The molecule has 0 spiro atoms. The lowest BCUT2D eigenvalue weighted by Crippen LogP contribution is -2.29. The van der Waals surface area contributed by atoms with Crippen LogP contribution in [0, 0.1) is 0 Å². The number of phenolic OH excluding ortho intramolecular Hbond substituents is 1. The summed E-state index contributed by atoms with van der Waals surface area (Å²) in [6.07, 6.45) is 1.76. The molecular formula is C20H20ClN3O2. The van der Waals surface area contributed by atoms with Crippen molar-refractivity contribution >= 4 is 28.4 Å². The third-order valence-corrected chi connectivity index (χ3v) is 4.32. The number of carbonyl (C=O) groups excluding carboxylic acids is 1. The monoisotopic (exact) mass is 369 g/mol. The second-order valence-electron chi connectivity index (χ2n) is 6.02. The van der Waals surface area contributed by atoms with Crippen molar-refractivity contribution in [3.63, 3.8) is 0 Å². The minimum absolute atomic E-state index is 0.0543. The van der Waals surface area contributed by atoms with Crippen LogP contribution in [0.4, 0.5) is 0 Å². The van der Waals surface area contributed by atoms with E-state index in [2.05, 4.69) is 15.6 Å². The molecule has 1 aromatic heterocycles. The van der Waals surface area contributed by atoms with E-state index in [9.17, 15) is 9.90 Å². The van der Waals surface area contributed by atoms with Crippen molar-refractivity contribution in [2.24, 2.45) is 0 Å². The highest BCUT2D eigenvalue weighted by atomic mass is 35.5. The van der Waals surface area contributed by atoms with Gasteiger partial charge in [0, 0.05) is 48.7 Å². The number of pyridine rings is 1. The maximum absolute atomic E-state index is 10.9. The summed E-state index contributed by atoms with van der Waals surface area (Å²) in [5.74, 6) is 0.184. The first-order valence-electron chi connectivity index (χ1n) is 8.36. The lowest BCUT2D eigenvalue weighted by atomic mass is 9.99. The van der Waals surface area contributed by atoms with Gasteiger partial charge in [-0.2, -0.15) is 0 Å².